The van der Waals surface area contributed by atoms with E-state index in [4.69, 9.17) is 0 Å². The second-order valence-electron chi connectivity index (χ2n) is 5.04. The van der Waals surface area contributed by atoms with E-state index in [1.807, 2.05) is 17.5 Å². The van der Waals surface area contributed by atoms with Crippen LogP contribution < -0.4 is 10.2 Å². The second-order valence-corrected chi connectivity index (χ2v) is 6.14. The van der Waals surface area contributed by atoms with Crippen molar-refractivity contribution in [1.82, 2.24) is 10.3 Å². The largest absolute Gasteiger partial charge is 0.349 e. The Morgan fingerprint density at radius 3 is 2.78 bits per heavy atom. The van der Waals surface area contributed by atoms with Gasteiger partial charge < -0.3 is 10.2 Å². The summed E-state index contributed by atoms with van der Waals surface area (Å²) in [6.45, 7) is 8.58. The lowest BCUT2D eigenvalue weighted by molar-refractivity contribution is 0.292. The van der Waals surface area contributed by atoms with E-state index in [0.29, 0.717) is 0 Å². The van der Waals surface area contributed by atoms with Gasteiger partial charge in [0, 0.05) is 30.7 Å². The van der Waals surface area contributed by atoms with Crippen molar-refractivity contribution in [3.8, 4) is 0 Å². The van der Waals surface area contributed by atoms with Gasteiger partial charge in [0.25, 0.3) is 0 Å². The zero-order chi connectivity index (χ0) is 12.8. The smallest absolute Gasteiger partial charge is 0.185 e. The normalized spacial score (nSPS) is 15.7. The van der Waals surface area contributed by atoms with Gasteiger partial charge in [0.1, 0.15) is 0 Å². The molecule has 0 spiro atoms. The van der Waals surface area contributed by atoms with Gasteiger partial charge in [0.2, 0.25) is 0 Å². The van der Waals surface area contributed by atoms with Crippen LogP contribution in [0.2, 0.25) is 0 Å². The van der Waals surface area contributed by atoms with E-state index in [2.05, 4.69) is 29.0 Å². The van der Waals surface area contributed by atoms with Gasteiger partial charge in [-0.05, 0) is 32.7 Å². The zero-order valence-electron chi connectivity index (χ0n) is 11.6. The van der Waals surface area contributed by atoms with Gasteiger partial charge in [-0.2, -0.15) is 0 Å². The highest BCUT2D eigenvalue weighted by Crippen LogP contribution is 2.28. The average Bonchev–Trinajstić information content (AvgIpc) is 2.77. The Hall–Kier alpha value is -0.610. The highest BCUT2D eigenvalue weighted by molar-refractivity contribution is 7.15. The lowest BCUT2D eigenvalue weighted by Crippen LogP contribution is -2.21. The first kappa shape index (κ1) is 13.8. The highest BCUT2D eigenvalue weighted by Gasteiger charge is 2.16. The molecule has 4 heteroatoms. The summed E-state index contributed by atoms with van der Waals surface area (Å²) < 4.78 is 0. The molecule has 0 bridgehead atoms. The SMILES string of the molecule is CCN(CC)c1ncc(CNCCC2CCC2)s1. The zero-order valence-corrected chi connectivity index (χ0v) is 12.4. The summed E-state index contributed by atoms with van der Waals surface area (Å²) >= 11 is 1.82. The fourth-order valence-electron chi connectivity index (χ4n) is 2.32. The minimum absolute atomic E-state index is 0.978. The summed E-state index contributed by atoms with van der Waals surface area (Å²) in [6.07, 6.45) is 7.73. The first-order valence-electron chi connectivity index (χ1n) is 7.23. The monoisotopic (exact) mass is 267 g/mol. The fraction of sp³-hybridized carbons (Fsp3) is 0.786. The van der Waals surface area contributed by atoms with Gasteiger partial charge >= 0.3 is 0 Å². The maximum atomic E-state index is 4.50. The van der Waals surface area contributed by atoms with E-state index in [1.165, 1.54) is 30.6 Å². The van der Waals surface area contributed by atoms with E-state index in [0.717, 1.165) is 37.2 Å². The van der Waals surface area contributed by atoms with Crippen LogP contribution in [-0.4, -0.2) is 24.6 Å². The van der Waals surface area contributed by atoms with Crippen molar-refractivity contribution in [2.75, 3.05) is 24.5 Å². The van der Waals surface area contributed by atoms with Gasteiger partial charge in [0.05, 0.1) is 0 Å². The van der Waals surface area contributed by atoms with Crippen LogP contribution in [0.3, 0.4) is 0 Å². The summed E-state index contributed by atoms with van der Waals surface area (Å²) in [5, 5.41) is 4.70. The molecule has 1 aromatic rings. The van der Waals surface area contributed by atoms with E-state index < -0.39 is 0 Å². The predicted molar refractivity (Wildman–Crippen MR) is 79.3 cm³/mol. The first-order chi connectivity index (χ1) is 8.83. The van der Waals surface area contributed by atoms with E-state index in [1.54, 1.807) is 0 Å². The van der Waals surface area contributed by atoms with Gasteiger partial charge in [-0.25, -0.2) is 4.98 Å². The number of hydrogen-bond donors (Lipinski definition) is 1. The third-order valence-corrected chi connectivity index (χ3v) is 4.89. The molecule has 1 aliphatic rings. The van der Waals surface area contributed by atoms with E-state index >= 15 is 0 Å². The average molecular weight is 267 g/mol. The Balaban J connectivity index is 1.69. The lowest BCUT2D eigenvalue weighted by Gasteiger charge is -2.25. The van der Waals surface area contributed by atoms with Crippen LogP contribution in [0.4, 0.5) is 5.13 Å². The van der Waals surface area contributed by atoms with Crippen molar-refractivity contribution in [3.05, 3.63) is 11.1 Å². The van der Waals surface area contributed by atoms with Crippen molar-refractivity contribution in [3.63, 3.8) is 0 Å². The molecule has 0 atom stereocenters. The standard InChI is InChI=1S/C14H25N3S/c1-3-17(4-2)14-16-11-13(18-14)10-15-9-8-12-6-5-7-12/h11-12,15H,3-10H2,1-2H3. The van der Waals surface area contributed by atoms with Crippen LogP contribution in [-0.2, 0) is 6.54 Å². The number of thiazole rings is 1. The molecule has 0 amide bonds. The van der Waals surface area contributed by atoms with Crippen LogP contribution in [0.1, 0.15) is 44.4 Å². The minimum atomic E-state index is 0.978. The second kappa shape index (κ2) is 7.10. The van der Waals surface area contributed by atoms with Crippen molar-refractivity contribution in [1.29, 1.82) is 0 Å². The quantitative estimate of drug-likeness (QED) is 0.733. The number of aromatic nitrogens is 1. The van der Waals surface area contributed by atoms with Crippen molar-refractivity contribution in [2.45, 2.75) is 46.1 Å². The summed E-state index contributed by atoms with van der Waals surface area (Å²) in [6, 6.07) is 0. The number of nitrogens with one attached hydrogen (secondary N) is 1. The minimum Gasteiger partial charge on any atom is -0.349 e. The van der Waals surface area contributed by atoms with Crippen LogP contribution in [0.5, 0.6) is 0 Å². The molecule has 18 heavy (non-hydrogen) atoms. The maximum absolute atomic E-state index is 4.50. The molecule has 1 aromatic heterocycles. The molecule has 102 valence electrons. The molecule has 1 saturated carbocycles. The molecule has 0 saturated heterocycles. The predicted octanol–water partition coefficient (Wildman–Crippen LogP) is 3.27. The van der Waals surface area contributed by atoms with E-state index in [9.17, 15) is 0 Å². The third-order valence-electron chi connectivity index (χ3n) is 3.83. The van der Waals surface area contributed by atoms with Gasteiger partial charge in [-0.3, -0.25) is 0 Å². The third kappa shape index (κ3) is 3.69. The Morgan fingerprint density at radius 1 is 1.39 bits per heavy atom. The molecule has 1 aliphatic carbocycles. The Morgan fingerprint density at radius 2 is 2.17 bits per heavy atom. The van der Waals surface area contributed by atoms with Crippen molar-refractivity contribution in [2.24, 2.45) is 5.92 Å². The summed E-state index contributed by atoms with van der Waals surface area (Å²) in [7, 11) is 0. The number of hydrogen-bond acceptors (Lipinski definition) is 4. The molecular formula is C14H25N3S. The molecule has 1 heterocycles. The molecule has 3 nitrogen and oxygen atoms in total. The first-order valence-corrected chi connectivity index (χ1v) is 8.05. The van der Waals surface area contributed by atoms with Gasteiger partial charge in [0.15, 0.2) is 5.13 Å². The number of nitrogens with zero attached hydrogens (tertiary/aromatic N) is 2. The molecule has 1 N–H and O–H groups in total. The van der Waals surface area contributed by atoms with Crippen LogP contribution in [0.25, 0.3) is 0 Å². The number of rotatable bonds is 8. The molecule has 2 rings (SSSR count). The number of anilines is 1. The summed E-state index contributed by atoms with van der Waals surface area (Å²) in [5.74, 6) is 1.00. The molecule has 0 unspecified atom stereocenters. The van der Waals surface area contributed by atoms with Gasteiger partial charge in [-0.1, -0.05) is 19.3 Å². The highest BCUT2D eigenvalue weighted by atomic mass is 32.1. The molecule has 1 fully saturated rings. The maximum Gasteiger partial charge on any atom is 0.185 e. The topological polar surface area (TPSA) is 28.2 Å². The fourth-order valence-corrected chi connectivity index (χ4v) is 3.33. The Kier molecular flexibility index (Phi) is 5.45. The van der Waals surface area contributed by atoms with Crippen LogP contribution in [0.15, 0.2) is 6.20 Å². The molecular weight excluding hydrogens is 242 g/mol. The van der Waals surface area contributed by atoms with Crippen LogP contribution >= 0.6 is 11.3 Å². The van der Waals surface area contributed by atoms with Crippen molar-refractivity contribution >= 4 is 16.5 Å². The summed E-state index contributed by atoms with van der Waals surface area (Å²) in [5.41, 5.74) is 0. The Labute approximate surface area is 115 Å². The summed E-state index contributed by atoms with van der Waals surface area (Å²) in [4.78, 5) is 8.16. The molecule has 0 aromatic carbocycles. The van der Waals surface area contributed by atoms with Crippen molar-refractivity contribution < 1.29 is 0 Å². The van der Waals surface area contributed by atoms with Gasteiger partial charge in [-0.15, -0.1) is 11.3 Å². The van der Waals surface area contributed by atoms with E-state index in [-0.39, 0.29) is 0 Å². The lowest BCUT2D eigenvalue weighted by atomic mass is 9.83. The molecule has 0 radical (unpaired) electrons. The Bertz CT molecular complexity index is 343. The van der Waals surface area contributed by atoms with Crippen LogP contribution in [0, 0.1) is 5.92 Å². The molecule has 0 aliphatic heterocycles.